The van der Waals surface area contributed by atoms with Crippen molar-refractivity contribution in [3.05, 3.63) is 35.4 Å². The lowest BCUT2D eigenvalue weighted by Gasteiger charge is -2.16. The summed E-state index contributed by atoms with van der Waals surface area (Å²) in [5.41, 5.74) is 23.1. The normalized spacial score (nSPS) is 15.1. The van der Waals surface area contributed by atoms with Crippen molar-refractivity contribution in [3.63, 3.8) is 0 Å². The molecule has 0 heterocycles. The number of hydrogen-bond acceptors (Lipinski definition) is 4. The van der Waals surface area contributed by atoms with Gasteiger partial charge in [0.1, 0.15) is 0 Å². The highest BCUT2D eigenvalue weighted by molar-refractivity contribution is 5.94. The van der Waals surface area contributed by atoms with Crippen LogP contribution >= 0.6 is 0 Å². The van der Waals surface area contributed by atoms with E-state index in [0.29, 0.717) is 11.1 Å². The third kappa shape index (κ3) is 1.31. The van der Waals surface area contributed by atoms with Gasteiger partial charge >= 0.3 is 5.92 Å². The summed E-state index contributed by atoms with van der Waals surface area (Å²) in [6.07, 6.45) is 0. The van der Waals surface area contributed by atoms with Gasteiger partial charge in [-0.1, -0.05) is 6.07 Å². The Balaban J connectivity index is 2.44. The Labute approximate surface area is 108 Å². The highest BCUT2D eigenvalue weighted by Gasteiger charge is 2.46. The molecule has 2 aromatic carbocycles. The van der Waals surface area contributed by atoms with Crippen molar-refractivity contribution < 1.29 is 8.78 Å². The van der Waals surface area contributed by atoms with Crippen molar-refractivity contribution in [2.24, 2.45) is 0 Å². The van der Waals surface area contributed by atoms with Crippen LogP contribution in [0.15, 0.2) is 24.3 Å². The SMILES string of the molecule is Nc1ccc2c(c1)C(F)(F)c1c-2cc(N)c(N)c1N. The van der Waals surface area contributed by atoms with Gasteiger partial charge in [0.2, 0.25) is 0 Å². The van der Waals surface area contributed by atoms with Crippen molar-refractivity contribution in [2.75, 3.05) is 22.9 Å². The van der Waals surface area contributed by atoms with Crippen molar-refractivity contribution in [3.8, 4) is 11.1 Å². The van der Waals surface area contributed by atoms with Crippen molar-refractivity contribution in [1.29, 1.82) is 0 Å². The highest BCUT2D eigenvalue weighted by atomic mass is 19.3. The van der Waals surface area contributed by atoms with Crippen molar-refractivity contribution in [2.45, 2.75) is 5.92 Å². The van der Waals surface area contributed by atoms with E-state index in [9.17, 15) is 8.78 Å². The minimum Gasteiger partial charge on any atom is -0.399 e. The van der Waals surface area contributed by atoms with Crippen LogP contribution in [0.25, 0.3) is 11.1 Å². The zero-order valence-electron chi connectivity index (χ0n) is 9.87. The van der Waals surface area contributed by atoms with E-state index in [1.807, 2.05) is 0 Å². The van der Waals surface area contributed by atoms with Gasteiger partial charge in [0.25, 0.3) is 0 Å². The summed E-state index contributed by atoms with van der Waals surface area (Å²) in [6.45, 7) is 0. The van der Waals surface area contributed by atoms with Crippen LogP contribution in [0.4, 0.5) is 31.5 Å². The first-order valence-electron chi connectivity index (χ1n) is 5.60. The summed E-state index contributed by atoms with van der Waals surface area (Å²) >= 11 is 0. The number of hydrogen-bond donors (Lipinski definition) is 4. The van der Waals surface area contributed by atoms with Gasteiger partial charge in [0.05, 0.1) is 22.6 Å². The summed E-state index contributed by atoms with van der Waals surface area (Å²) in [4.78, 5) is 0. The molecule has 0 spiro atoms. The first kappa shape index (κ1) is 11.6. The van der Waals surface area contributed by atoms with E-state index in [1.54, 1.807) is 12.1 Å². The minimum absolute atomic E-state index is 0.0146. The van der Waals surface area contributed by atoms with E-state index >= 15 is 0 Å². The first-order chi connectivity index (χ1) is 8.84. The fourth-order valence-corrected chi connectivity index (χ4v) is 2.48. The van der Waals surface area contributed by atoms with Gasteiger partial charge in [-0.05, 0) is 29.3 Å². The summed E-state index contributed by atoms with van der Waals surface area (Å²) in [5.74, 6) is -3.22. The zero-order chi connectivity index (χ0) is 13.9. The molecule has 1 aliphatic rings. The molecule has 0 fully saturated rings. The second-order valence-electron chi connectivity index (χ2n) is 4.60. The lowest BCUT2D eigenvalue weighted by Crippen LogP contribution is -2.15. The Bertz CT molecular complexity index is 710. The molecule has 2 aromatic rings. The molecule has 0 atom stereocenters. The maximum absolute atomic E-state index is 14.5. The predicted molar refractivity (Wildman–Crippen MR) is 72.5 cm³/mol. The predicted octanol–water partition coefficient (Wildman–Crippen LogP) is 2.14. The van der Waals surface area contributed by atoms with Crippen molar-refractivity contribution >= 4 is 22.7 Å². The Hall–Kier alpha value is -2.50. The summed E-state index contributed by atoms with van der Waals surface area (Å²) in [7, 11) is 0. The van der Waals surface area contributed by atoms with E-state index in [0.717, 1.165) is 0 Å². The highest BCUT2D eigenvalue weighted by Crippen LogP contribution is 2.55. The van der Waals surface area contributed by atoms with Crippen LogP contribution in [-0.4, -0.2) is 0 Å². The monoisotopic (exact) mass is 262 g/mol. The van der Waals surface area contributed by atoms with Gasteiger partial charge < -0.3 is 22.9 Å². The molecule has 0 saturated carbocycles. The van der Waals surface area contributed by atoms with Crippen molar-refractivity contribution in [1.82, 2.24) is 0 Å². The van der Waals surface area contributed by atoms with E-state index in [1.165, 1.54) is 12.1 Å². The van der Waals surface area contributed by atoms with E-state index in [-0.39, 0.29) is 33.9 Å². The van der Waals surface area contributed by atoms with Gasteiger partial charge in [-0.15, -0.1) is 0 Å². The van der Waals surface area contributed by atoms with Crippen LogP contribution in [0.5, 0.6) is 0 Å². The second kappa shape index (κ2) is 3.28. The molecule has 8 N–H and O–H groups in total. The summed E-state index contributed by atoms with van der Waals surface area (Å²) < 4.78 is 28.9. The van der Waals surface area contributed by atoms with E-state index < -0.39 is 5.92 Å². The number of rotatable bonds is 0. The number of anilines is 4. The van der Waals surface area contributed by atoms with Gasteiger partial charge in [0.15, 0.2) is 0 Å². The number of alkyl halides is 2. The maximum Gasteiger partial charge on any atom is 0.301 e. The minimum atomic E-state index is -3.22. The molecule has 0 aromatic heterocycles. The Morgan fingerprint density at radius 2 is 1.53 bits per heavy atom. The summed E-state index contributed by atoms with van der Waals surface area (Å²) in [6, 6.07) is 5.78. The van der Waals surface area contributed by atoms with Crippen LogP contribution in [0.3, 0.4) is 0 Å². The Kier molecular flexibility index (Phi) is 2.00. The quantitative estimate of drug-likeness (QED) is 0.546. The molecule has 98 valence electrons. The van der Waals surface area contributed by atoms with Crippen LogP contribution in [0.2, 0.25) is 0 Å². The molecule has 6 heteroatoms. The van der Waals surface area contributed by atoms with Gasteiger partial charge in [-0.3, -0.25) is 0 Å². The molecule has 0 bridgehead atoms. The molecule has 0 radical (unpaired) electrons. The standard InChI is InChI=1S/C13H12F2N4/c14-13(15)8-3-5(16)1-2-6(8)7-4-9(17)11(18)12(19)10(7)13/h1-4H,16-19H2. The molecule has 3 rings (SSSR count). The molecule has 1 aliphatic carbocycles. The molecular weight excluding hydrogens is 250 g/mol. The molecule has 0 unspecified atom stereocenters. The zero-order valence-corrected chi connectivity index (χ0v) is 9.87. The topological polar surface area (TPSA) is 104 Å². The maximum atomic E-state index is 14.5. The van der Waals surface area contributed by atoms with Gasteiger partial charge in [-0.2, -0.15) is 8.78 Å². The number of benzene rings is 2. The third-order valence-corrected chi connectivity index (χ3v) is 3.43. The summed E-state index contributed by atoms with van der Waals surface area (Å²) in [5, 5.41) is 0. The number of nitrogen functional groups attached to an aromatic ring is 4. The molecule has 4 nitrogen and oxygen atoms in total. The Morgan fingerprint density at radius 1 is 0.842 bits per heavy atom. The van der Waals surface area contributed by atoms with Crippen LogP contribution in [0, 0.1) is 0 Å². The number of nitrogens with two attached hydrogens (primary N) is 4. The molecule has 19 heavy (non-hydrogen) atoms. The molecule has 0 amide bonds. The lowest BCUT2D eigenvalue weighted by molar-refractivity contribution is 0.0489. The molecule has 0 aliphatic heterocycles. The van der Waals surface area contributed by atoms with E-state index in [4.69, 9.17) is 22.9 Å². The third-order valence-electron chi connectivity index (χ3n) is 3.43. The smallest absolute Gasteiger partial charge is 0.301 e. The van der Waals surface area contributed by atoms with Crippen LogP contribution in [0.1, 0.15) is 11.1 Å². The van der Waals surface area contributed by atoms with E-state index in [2.05, 4.69) is 0 Å². The first-order valence-corrected chi connectivity index (χ1v) is 5.60. The van der Waals surface area contributed by atoms with Gasteiger partial charge in [0, 0.05) is 11.3 Å². The fourth-order valence-electron chi connectivity index (χ4n) is 2.48. The molecule has 0 saturated heterocycles. The fraction of sp³-hybridized carbons (Fsp3) is 0.0769. The average Bonchev–Trinajstić information content (AvgIpc) is 2.55. The van der Waals surface area contributed by atoms with Crippen LogP contribution < -0.4 is 22.9 Å². The lowest BCUT2D eigenvalue weighted by atomic mass is 10.0. The van der Waals surface area contributed by atoms with Crippen LogP contribution in [-0.2, 0) is 5.92 Å². The second-order valence-corrected chi connectivity index (χ2v) is 4.60. The Morgan fingerprint density at radius 3 is 2.21 bits per heavy atom. The largest absolute Gasteiger partial charge is 0.399 e. The molecular formula is C13H12F2N4. The van der Waals surface area contributed by atoms with Gasteiger partial charge in [-0.25, -0.2) is 0 Å². The average molecular weight is 262 g/mol. The number of halogens is 2. The number of fused-ring (bicyclic) bond motifs is 3.